The molecular formula is C5H12N. The van der Waals surface area contributed by atoms with Crippen LogP contribution >= 0.6 is 0 Å². The average molecular weight is 86.2 g/mol. The van der Waals surface area contributed by atoms with Gasteiger partial charge < -0.3 is 5.73 Å². The van der Waals surface area contributed by atoms with E-state index in [9.17, 15) is 0 Å². The first-order valence-electron chi connectivity index (χ1n) is 2.43. The summed E-state index contributed by atoms with van der Waals surface area (Å²) in [6, 6.07) is 0. The van der Waals surface area contributed by atoms with Crippen LogP contribution in [0.25, 0.3) is 0 Å². The molecule has 0 amide bonds. The molecule has 0 aromatic rings. The molecule has 1 heteroatoms. The van der Waals surface area contributed by atoms with Crippen molar-refractivity contribution in [3.63, 3.8) is 0 Å². The third kappa shape index (κ3) is 3.96. The molecule has 2 N–H and O–H groups in total. The molecular weight excluding hydrogens is 74.1 g/mol. The zero-order chi connectivity index (χ0) is 4.83. The maximum atomic E-state index is 5.18. The first-order chi connectivity index (χ1) is 2.91. The van der Waals surface area contributed by atoms with Gasteiger partial charge in [0.2, 0.25) is 0 Å². The average Bonchev–Trinajstić information content (AvgIpc) is 1.61. The predicted octanol–water partition coefficient (Wildman–Crippen LogP) is 0.949. The van der Waals surface area contributed by atoms with Crippen molar-refractivity contribution < 1.29 is 0 Å². The summed E-state index contributed by atoms with van der Waals surface area (Å²) in [5, 5.41) is 0. The minimum Gasteiger partial charge on any atom is -0.330 e. The number of unbranched alkanes of at least 4 members (excludes halogenated alkanes) is 2. The maximum Gasteiger partial charge on any atom is -0.00745 e. The molecule has 0 atom stereocenters. The van der Waals surface area contributed by atoms with Crippen LogP contribution in [-0.2, 0) is 0 Å². The van der Waals surface area contributed by atoms with Crippen LogP contribution in [0, 0.1) is 6.42 Å². The van der Waals surface area contributed by atoms with Crippen molar-refractivity contribution in [2.75, 3.05) is 6.54 Å². The molecule has 0 aliphatic heterocycles. The highest BCUT2D eigenvalue weighted by Gasteiger charge is 1.75. The zero-order valence-corrected chi connectivity index (χ0v) is 4.28. The number of rotatable bonds is 3. The van der Waals surface area contributed by atoms with E-state index in [-0.39, 0.29) is 0 Å². The third-order valence-electron chi connectivity index (χ3n) is 0.659. The lowest BCUT2D eigenvalue weighted by atomic mass is 10.3. The molecule has 0 spiro atoms. The Labute approximate surface area is 39.5 Å². The molecule has 6 heavy (non-hydrogen) atoms. The van der Waals surface area contributed by atoms with E-state index in [4.69, 9.17) is 5.73 Å². The normalized spacial score (nSPS) is 9.00. The third-order valence-corrected chi connectivity index (χ3v) is 0.659. The lowest BCUT2D eigenvalue weighted by Gasteiger charge is -1.86. The summed E-state index contributed by atoms with van der Waals surface area (Å²) in [5.74, 6) is 0. The molecule has 0 unspecified atom stereocenters. The summed E-state index contributed by atoms with van der Waals surface area (Å²) >= 11 is 0. The largest absolute Gasteiger partial charge is 0.330 e. The molecule has 0 fully saturated rings. The van der Waals surface area contributed by atoms with Crippen LogP contribution < -0.4 is 5.73 Å². The van der Waals surface area contributed by atoms with Gasteiger partial charge in [-0.15, -0.1) is 0 Å². The Bertz CT molecular complexity index is 15.9. The van der Waals surface area contributed by atoms with E-state index < -0.39 is 0 Å². The summed E-state index contributed by atoms with van der Waals surface area (Å²) in [5.41, 5.74) is 5.18. The lowest BCUT2D eigenvalue weighted by Crippen LogP contribution is -1.97. The molecule has 0 saturated carbocycles. The predicted molar refractivity (Wildman–Crippen MR) is 28.3 cm³/mol. The van der Waals surface area contributed by atoms with E-state index in [0.717, 1.165) is 19.4 Å². The molecule has 0 aromatic carbocycles. The molecule has 0 aliphatic rings. The van der Waals surface area contributed by atoms with Gasteiger partial charge in [-0.3, -0.25) is 0 Å². The van der Waals surface area contributed by atoms with Crippen molar-refractivity contribution in [3.05, 3.63) is 6.42 Å². The summed E-state index contributed by atoms with van der Waals surface area (Å²) in [6.45, 7) is 2.92. The highest BCUT2D eigenvalue weighted by molar-refractivity contribution is 4.59. The van der Waals surface area contributed by atoms with Crippen LogP contribution in [0.2, 0.25) is 0 Å². The number of nitrogens with two attached hydrogens (primary N) is 1. The van der Waals surface area contributed by atoms with Crippen molar-refractivity contribution in [2.45, 2.75) is 19.8 Å². The van der Waals surface area contributed by atoms with Gasteiger partial charge in [0.05, 0.1) is 0 Å². The highest BCUT2D eigenvalue weighted by atomic mass is 14.5. The van der Waals surface area contributed by atoms with Gasteiger partial charge in [0.1, 0.15) is 0 Å². The molecule has 0 bridgehead atoms. The van der Waals surface area contributed by atoms with Crippen LogP contribution in [0.15, 0.2) is 0 Å². The summed E-state index contributed by atoms with van der Waals surface area (Å²) in [6.07, 6.45) is 4.40. The van der Waals surface area contributed by atoms with Crippen molar-refractivity contribution in [1.29, 1.82) is 0 Å². The molecule has 0 aliphatic carbocycles. The first kappa shape index (κ1) is 5.96. The first-order valence-corrected chi connectivity index (χ1v) is 2.43. The SMILES string of the molecule is CC[CH]CCN. The van der Waals surface area contributed by atoms with E-state index >= 15 is 0 Å². The molecule has 0 rings (SSSR count). The quantitative estimate of drug-likeness (QED) is 0.508. The van der Waals surface area contributed by atoms with Crippen LogP contribution in [0.3, 0.4) is 0 Å². The van der Waals surface area contributed by atoms with Gasteiger partial charge in [-0.05, 0) is 19.4 Å². The van der Waals surface area contributed by atoms with E-state index in [1.54, 1.807) is 0 Å². The molecule has 0 heterocycles. The lowest BCUT2D eigenvalue weighted by molar-refractivity contribution is 0.887. The summed E-state index contributed by atoms with van der Waals surface area (Å²) in [4.78, 5) is 0. The van der Waals surface area contributed by atoms with Crippen LogP contribution in [0.4, 0.5) is 0 Å². The van der Waals surface area contributed by atoms with Gasteiger partial charge in [0.15, 0.2) is 0 Å². The Balaban J connectivity index is 2.34. The summed E-state index contributed by atoms with van der Waals surface area (Å²) < 4.78 is 0. The maximum absolute atomic E-state index is 5.18. The second kappa shape index (κ2) is 4.96. The van der Waals surface area contributed by atoms with Gasteiger partial charge in [-0.25, -0.2) is 0 Å². The van der Waals surface area contributed by atoms with Gasteiger partial charge in [0.25, 0.3) is 0 Å². The molecule has 37 valence electrons. The topological polar surface area (TPSA) is 26.0 Å². The Kier molecular flexibility index (Phi) is 4.93. The highest BCUT2D eigenvalue weighted by Crippen LogP contribution is 1.86. The minimum absolute atomic E-state index is 0.799. The monoisotopic (exact) mass is 86.1 g/mol. The van der Waals surface area contributed by atoms with Crippen molar-refractivity contribution in [3.8, 4) is 0 Å². The van der Waals surface area contributed by atoms with E-state index in [1.165, 1.54) is 0 Å². The molecule has 1 radical (unpaired) electrons. The van der Waals surface area contributed by atoms with Crippen molar-refractivity contribution in [2.24, 2.45) is 5.73 Å². The minimum atomic E-state index is 0.799. The van der Waals surface area contributed by atoms with Crippen molar-refractivity contribution in [1.82, 2.24) is 0 Å². The molecule has 0 aromatic heterocycles. The standard InChI is InChI=1S/C5H12N/c1-2-3-4-5-6/h3H,2,4-6H2,1H3. The fourth-order valence-corrected chi connectivity index (χ4v) is 0.322. The Morgan fingerprint density at radius 2 is 2.33 bits per heavy atom. The second-order valence-electron chi connectivity index (χ2n) is 1.27. The van der Waals surface area contributed by atoms with E-state index in [0.29, 0.717) is 0 Å². The molecule has 0 saturated heterocycles. The van der Waals surface area contributed by atoms with Gasteiger partial charge >= 0.3 is 0 Å². The smallest absolute Gasteiger partial charge is 0.00745 e. The Hall–Kier alpha value is -0.0400. The fourth-order valence-electron chi connectivity index (χ4n) is 0.322. The summed E-state index contributed by atoms with van der Waals surface area (Å²) in [7, 11) is 0. The number of hydrogen-bond acceptors (Lipinski definition) is 1. The van der Waals surface area contributed by atoms with Gasteiger partial charge in [0, 0.05) is 0 Å². The van der Waals surface area contributed by atoms with Crippen molar-refractivity contribution >= 4 is 0 Å². The van der Waals surface area contributed by atoms with Crippen LogP contribution in [-0.4, -0.2) is 6.54 Å². The Morgan fingerprint density at radius 3 is 2.50 bits per heavy atom. The second-order valence-corrected chi connectivity index (χ2v) is 1.27. The van der Waals surface area contributed by atoms with Gasteiger partial charge in [-0.1, -0.05) is 13.3 Å². The number of hydrogen-bond donors (Lipinski definition) is 1. The van der Waals surface area contributed by atoms with Crippen LogP contribution in [0.1, 0.15) is 19.8 Å². The Morgan fingerprint density at radius 1 is 1.67 bits per heavy atom. The van der Waals surface area contributed by atoms with Crippen LogP contribution in [0.5, 0.6) is 0 Å². The molecule has 1 nitrogen and oxygen atoms in total. The van der Waals surface area contributed by atoms with E-state index in [2.05, 4.69) is 13.3 Å². The van der Waals surface area contributed by atoms with E-state index in [1.807, 2.05) is 0 Å². The fraction of sp³-hybridized carbons (Fsp3) is 0.800. The van der Waals surface area contributed by atoms with Gasteiger partial charge in [-0.2, -0.15) is 0 Å². The zero-order valence-electron chi connectivity index (χ0n) is 4.28.